The van der Waals surface area contributed by atoms with Gasteiger partial charge >= 0.3 is 0 Å². The van der Waals surface area contributed by atoms with Gasteiger partial charge in [-0.3, -0.25) is 5.41 Å². The number of amidine groups is 1. The van der Waals surface area contributed by atoms with E-state index in [-0.39, 0.29) is 5.84 Å². The monoisotopic (exact) mass is 178 g/mol. The topological polar surface area (TPSA) is 49.9 Å². The third-order valence-electron chi connectivity index (χ3n) is 1.67. The average molecular weight is 178 g/mol. The fourth-order valence-electron chi connectivity index (χ4n) is 0.920. The highest BCUT2D eigenvalue weighted by Crippen LogP contribution is 2.03. The van der Waals surface area contributed by atoms with E-state index in [0.717, 1.165) is 12.0 Å². The first kappa shape index (κ1) is 11.7. The van der Waals surface area contributed by atoms with Crippen molar-refractivity contribution in [1.29, 1.82) is 5.41 Å². The van der Waals surface area contributed by atoms with Crippen LogP contribution in [-0.4, -0.2) is 5.84 Å². The average Bonchev–Trinajstić information content (AvgIpc) is 2.21. The lowest BCUT2D eigenvalue weighted by Gasteiger charge is -1.98. The molecule has 0 atom stereocenters. The SMILES string of the molecule is CC.CCc1ccc(C(=N)N)cc1. The van der Waals surface area contributed by atoms with Gasteiger partial charge in [0.2, 0.25) is 0 Å². The third kappa shape index (κ3) is 3.74. The van der Waals surface area contributed by atoms with E-state index in [0.29, 0.717) is 0 Å². The Kier molecular flexibility index (Phi) is 5.60. The molecule has 0 saturated carbocycles. The van der Waals surface area contributed by atoms with Gasteiger partial charge in [0.15, 0.2) is 0 Å². The number of nitrogens with one attached hydrogen (secondary N) is 1. The van der Waals surface area contributed by atoms with Crippen LogP contribution < -0.4 is 5.73 Å². The predicted molar refractivity (Wildman–Crippen MR) is 58.2 cm³/mol. The van der Waals surface area contributed by atoms with Crippen LogP contribution in [0.3, 0.4) is 0 Å². The lowest BCUT2D eigenvalue weighted by Crippen LogP contribution is -2.10. The molecule has 13 heavy (non-hydrogen) atoms. The molecular weight excluding hydrogens is 160 g/mol. The molecule has 0 aromatic heterocycles. The normalized spacial score (nSPS) is 8.54. The Morgan fingerprint density at radius 3 is 2.00 bits per heavy atom. The first-order valence-corrected chi connectivity index (χ1v) is 4.67. The number of aryl methyl sites for hydroxylation is 1. The highest BCUT2D eigenvalue weighted by molar-refractivity contribution is 5.94. The zero-order valence-electron chi connectivity index (χ0n) is 8.59. The summed E-state index contributed by atoms with van der Waals surface area (Å²) < 4.78 is 0. The molecule has 0 heterocycles. The minimum Gasteiger partial charge on any atom is -0.384 e. The van der Waals surface area contributed by atoms with Crippen LogP contribution in [0.15, 0.2) is 24.3 Å². The maximum atomic E-state index is 7.14. The second kappa shape index (κ2) is 6.23. The molecule has 3 N–H and O–H groups in total. The summed E-state index contributed by atoms with van der Waals surface area (Å²) in [4.78, 5) is 0. The van der Waals surface area contributed by atoms with Crippen molar-refractivity contribution in [2.75, 3.05) is 0 Å². The lowest BCUT2D eigenvalue weighted by atomic mass is 10.1. The lowest BCUT2D eigenvalue weighted by molar-refractivity contribution is 1.14. The van der Waals surface area contributed by atoms with Crippen molar-refractivity contribution in [3.05, 3.63) is 35.4 Å². The van der Waals surface area contributed by atoms with E-state index in [4.69, 9.17) is 11.1 Å². The fourth-order valence-corrected chi connectivity index (χ4v) is 0.920. The zero-order valence-corrected chi connectivity index (χ0v) is 8.59. The molecule has 1 rings (SSSR count). The van der Waals surface area contributed by atoms with Gasteiger partial charge < -0.3 is 5.73 Å². The van der Waals surface area contributed by atoms with Crippen molar-refractivity contribution >= 4 is 5.84 Å². The number of hydrogen-bond acceptors (Lipinski definition) is 1. The number of rotatable bonds is 2. The molecule has 1 aromatic rings. The van der Waals surface area contributed by atoms with Crippen molar-refractivity contribution in [2.24, 2.45) is 5.73 Å². The molecule has 0 aliphatic rings. The molecule has 2 heteroatoms. The van der Waals surface area contributed by atoms with Crippen molar-refractivity contribution in [3.8, 4) is 0 Å². The van der Waals surface area contributed by atoms with E-state index in [9.17, 15) is 0 Å². The van der Waals surface area contributed by atoms with Gasteiger partial charge in [0.25, 0.3) is 0 Å². The van der Waals surface area contributed by atoms with Crippen molar-refractivity contribution in [1.82, 2.24) is 0 Å². The second-order valence-electron chi connectivity index (χ2n) is 2.46. The molecule has 2 nitrogen and oxygen atoms in total. The summed E-state index contributed by atoms with van der Waals surface area (Å²) >= 11 is 0. The summed E-state index contributed by atoms with van der Waals surface area (Å²) in [6, 6.07) is 7.75. The smallest absolute Gasteiger partial charge is 0.122 e. The summed E-state index contributed by atoms with van der Waals surface area (Å²) in [6.07, 6.45) is 1.03. The number of hydrogen-bond donors (Lipinski definition) is 2. The molecule has 72 valence electrons. The predicted octanol–water partition coefficient (Wildman–Crippen LogP) is 2.56. The fraction of sp³-hybridized carbons (Fsp3) is 0.364. The summed E-state index contributed by atoms with van der Waals surface area (Å²) in [5.41, 5.74) is 7.36. The molecule has 0 spiro atoms. The summed E-state index contributed by atoms with van der Waals surface area (Å²) in [5, 5.41) is 7.14. The Balaban J connectivity index is 0.000000671. The molecule has 0 unspecified atom stereocenters. The van der Waals surface area contributed by atoms with E-state index >= 15 is 0 Å². The van der Waals surface area contributed by atoms with Crippen LogP contribution in [-0.2, 0) is 6.42 Å². The quantitative estimate of drug-likeness (QED) is 0.530. The number of nitrogens with two attached hydrogens (primary N) is 1. The largest absolute Gasteiger partial charge is 0.384 e. The van der Waals surface area contributed by atoms with Crippen LogP contribution in [0.1, 0.15) is 31.9 Å². The van der Waals surface area contributed by atoms with Crippen molar-refractivity contribution in [2.45, 2.75) is 27.2 Å². The van der Waals surface area contributed by atoms with E-state index in [1.807, 2.05) is 38.1 Å². The van der Waals surface area contributed by atoms with Gasteiger partial charge in [0.1, 0.15) is 5.84 Å². The van der Waals surface area contributed by atoms with Crippen molar-refractivity contribution in [3.63, 3.8) is 0 Å². The second-order valence-corrected chi connectivity index (χ2v) is 2.46. The molecular formula is C11H18N2. The first-order chi connectivity index (χ1) is 6.24. The van der Waals surface area contributed by atoms with Gasteiger partial charge in [-0.2, -0.15) is 0 Å². The van der Waals surface area contributed by atoms with Crippen molar-refractivity contribution < 1.29 is 0 Å². The van der Waals surface area contributed by atoms with Crippen LogP contribution >= 0.6 is 0 Å². The molecule has 0 radical (unpaired) electrons. The summed E-state index contributed by atoms with van der Waals surface area (Å²) in [7, 11) is 0. The Hall–Kier alpha value is -1.31. The molecule has 1 aromatic carbocycles. The van der Waals surface area contributed by atoms with E-state index in [1.165, 1.54) is 5.56 Å². The highest BCUT2D eigenvalue weighted by Gasteiger charge is 1.93. The minimum atomic E-state index is 0.132. The van der Waals surface area contributed by atoms with Crippen LogP contribution in [0, 0.1) is 5.41 Å². The van der Waals surface area contributed by atoms with Gasteiger partial charge in [-0.05, 0) is 12.0 Å². The van der Waals surface area contributed by atoms with Crippen LogP contribution in [0.2, 0.25) is 0 Å². The maximum absolute atomic E-state index is 7.14. The summed E-state index contributed by atoms with van der Waals surface area (Å²) in [5.74, 6) is 0.132. The third-order valence-corrected chi connectivity index (χ3v) is 1.67. The van der Waals surface area contributed by atoms with Crippen LogP contribution in [0.25, 0.3) is 0 Å². The van der Waals surface area contributed by atoms with Gasteiger partial charge in [-0.1, -0.05) is 45.0 Å². The van der Waals surface area contributed by atoms with Gasteiger partial charge in [0.05, 0.1) is 0 Å². The Morgan fingerprint density at radius 1 is 1.23 bits per heavy atom. The molecule has 0 bridgehead atoms. The zero-order chi connectivity index (χ0) is 10.3. The Morgan fingerprint density at radius 2 is 1.69 bits per heavy atom. The Labute approximate surface area is 80.3 Å². The molecule has 0 aliphatic carbocycles. The first-order valence-electron chi connectivity index (χ1n) is 4.67. The summed E-state index contributed by atoms with van der Waals surface area (Å²) in [6.45, 7) is 6.10. The molecule has 0 aliphatic heterocycles. The minimum absolute atomic E-state index is 0.132. The molecule has 0 amide bonds. The van der Waals surface area contributed by atoms with E-state index in [2.05, 4.69) is 6.92 Å². The highest BCUT2D eigenvalue weighted by atomic mass is 14.7. The van der Waals surface area contributed by atoms with E-state index in [1.54, 1.807) is 0 Å². The Bertz CT molecular complexity index is 249. The molecule has 0 fully saturated rings. The van der Waals surface area contributed by atoms with Crippen LogP contribution in [0.4, 0.5) is 0 Å². The van der Waals surface area contributed by atoms with Gasteiger partial charge in [-0.25, -0.2) is 0 Å². The number of nitrogen functional groups attached to an aromatic ring is 1. The number of benzene rings is 1. The molecule has 0 saturated heterocycles. The van der Waals surface area contributed by atoms with Gasteiger partial charge in [-0.15, -0.1) is 0 Å². The standard InChI is InChI=1S/C9H12N2.C2H6/c1-2-7-3-5-8(6-4-7)9(10)11;1-2/h3-6H,2H2,1H3,(H3,10,11);1-2H3. The maximum Gasteiger partial charge on any atom is 0.122 e. The van der Waals surface area contributed by atoms with E-state index < -0.39 is 0 Å². The van der Waals surface area contributed by atoms with Crippen LogP contribution in [0.5, 0.6) is 0 Å². The van der Waals surface area contributed by atoms with Gasteiger partial charge in [0, 0.05) is 5.56 Å².